The van der Waals surface area contributed by atoms with Crippen LogP contribution in [0.15, 0.2) is 36.7 Å². The van der Waals surface area contributed by atoms with Crippen molar-refractivity contribution in [3.05, 3.63) is 36.7 Å². The van der Waals surface area contributed by atoms with Crippen LogP contribution in [0.3, 0.4) is 0 Å². The first-order chi connectivity index (χ1) is 9.38. The normalized spacial score (nSPS) is 23.4. The highest BCUT2D eigenvalue weighted by Gasteiger charge is 2.23. The predicted octanol–water partition coefficient (Wildman–Crippen LogP) is 3.16. The zero-order chi connectivity index (χ0) is 13.1. The van der Waals surface area contributed by atoms with Gasteiger partial charge in [0.15, 0.2) is 0 Å². The van der Waals surface area contributed by atoms with Crippen molar-refractivity contribution in [2.45, 2.75) is 31.7 Å². The Balaban J connectivity index is 1.88. The van der Waals surface area contributed by atoms with Crippen LogP contribution in [0.5, 0.6) is 0 Å². The van der Waals surface area contributed by atoms with Crippen molar-refractivity contribution in [3.8, 4) is 0 Å². The molecule has 2 aromatic rings. The number of aromatic nitrogens is 1. The van der Waals surface area contributed by atoms with Crippen LogP contribution >= 0.6 is 0 Å². The van der Waals surface area contributed by atoms with E-state index >= 15 is 0 Å². The van der Waals surface area contributed by atoms with E-state index in [1.807, 2.05) is 12.4 Å². The monoisotopic (exact) mass is 255 g/mol. The van der Waals surface area contributed by atoms with E-state index in [1.54, 1.807) is 0 Å². The Kier molecular flexibility index (Phi) is 3.65. The quantitative estimate of drug-likeness (QED) is 0.885. The van der Waals surface area contributed by atoms with E-state index in [2.05, 4.69) is 34.6 Å². The number of fused-ring (bicyclic) bond motifs is 1. The van der Waals surface area contributed by atoms with Gasteiger partial charge in [-0.1, -0.05) is 25.0 Å². The van der Waals surface area contributed by atoms with Crippen LogP contribution in [0.1, 0.15) is 25.7 Å². The van der Waals surface area contributed by atoms with E-state index in [9.17, 15) is 0 Å². The summed E-state index contributed by atoms with van der Waals surface area (Å²) in [6.07, 6.45) is 8.87. The molecule has 0 amide bonds. The summed E-state index contributed by atoms with van der Waals surface area (Å²) in [5.74, 6) is 0.598. The molecule has 1 saturated carbocycles. The molecule has 19 heavy (non-hydrogen) atoms. The summed E-state index contributed by atoms with van der Waals surface area (Å²) in [4.78, 5) is 4.24. The third-order valence-corrected chi connectivity index (χ3v) is 4.24. The fourth-order valence-corrected chi connectivity index (χ4v) is 3.12. The fraction of sp³-hybridized carbons (Fsp3) is 0.438. The number of hydrogen-bond acceptors (Lipinski definition) is 3. The minimum Gasteiger partial charge on any atom is -0.381 e. The maximum atomic E-state index is 5.91. The molecule has 3 nitrogen and oxygen atoms in total. The molecule has 1 aromatic carbocycles. The zero-order valence-electron chi connectivity index (χ0n) is 11.2. The number of nitrogens with one attached hydrogen (secondary N) is 1. The first kappa shape index (κ1) is 12.4. The summed E-state index contributed by atoms with van der Waals surface area (Å²) in [5, 5.41) is 6.14. The van der Waals surface area contributed by atoms with E-state index in [-0.39, 0.29) is 0 Å². The molecule has 1 heterocycles. The van der Waals surface area contributed by atoms with Crippen LogP contribution in [0, 0.1) is 5.92 Å². The van der Waals surface area contributed by atoms with Crippen LogP contribution in [-0.2, 0) is 0 Å². The van der Waals surface area contributed by atoms with Crippen LogP contribution in [0.25, 0.3) is 10.8 Å². The molecular formula is C16H21N3. The summed E-state index contributed by atoms with van der Waals surface area (Å²) in [6, 6.07) is 8.94. The van der Waals surface area contributed by atoms with Gasteiger partial charge in [0.05, 0.1) is 0 Å². The Labute approximate surface area is 114 Å². The lowest BCUT2D eigenvalue weighted by Gasteiger charge is -2.32. The Morgan fingerprint density at radius 3 is 3.00 bits per heavy atom. The zero-order valence-corrected chi connectivity index (χ0v) is 11.2. The highest BCUT2D eigenvalue weighted by molar-refractivity contribution is 5.93. The second-order valence-corrected chi connectivity index (χ2v) is 5.43. The molecule has 3 rings (SSSR count). The van der Waals surface area contributed by atoms with Crippen molar-refractivity contribution < 1.29 is 0 Å². The number of nitrogens with zero attached hydrogens (tertiary/aromatic N) is 1. The van der Waals surface area contributed by atoms with Gasteiger partial charge in [-0.25, -0.2) is 0 Å². The molecule has 0 radical (unpaired) electrons. The van der Waals surface area contributed by atoms with Gasteiger partial charge in [-0.15, -0.1) is 0 Å². The second-order valence-electron chi connectivity index (χ2n) is 5.43. The Hall–Kier alpha value is -1.61. The molecule has 0 spiro atoms. The molecule has 1 aromatic heterocycles. The van der Waals surface area contributed by atoms with Gasteiger partial charge in [0.1, 0.15) is 0 Å². The molecule has 0 aliphatic heterocycles. The highest BCUT2D eigenvalue weighted by Crippen LogP contribution is 2.29. The smallest absolute Gasteiger partial charge is 0.0437 e. The van der Waals surface area contributed by atoms with Crippen molar-refractivity contribution >= 4 is 16.5 Å². The largest absolute Gasteiger partial charge is 0.381 e. The number of hydrogen-bond donors (Lipinski definition) is 2. The lowest BCUT2D eigenvalue weighted by Crippen LogP contribution is -2.36. The third-order valence-electron chi connectivity index (χ3n) is 4.24. The van der Waals surface area contributed by atoms with Gasteiger partial charge in [0, 0.05) is 29.5 Å². The average molecular weight is 255 g/mol. The number of anilines is 1. The molecule has 1 fully saturated rings. The first-order valence-corrected chi connectivity index (χ1v) is 7.18. The molecule has 2 unspecified atom stereocenters. The molecule has 0 saturated heterocycles. The van der Waals surface area contributed by atoms with Crippen LogP contribution < -0.4 is 11.1 Å². The molecule has 3 N–H and O–H groups in total. The lowest BCUT2D eigenvalue weighted by molar-refractivity contribution is 0.333. The van der Waals surface area contributed by atoms with Gasteiger partial charge in [-0.3, -0.25) is 4.98 Å². The van der Waals surface area contributed by atoms with Crippen molar-refractivity contribution in [1.82, 2.24) is 4.98 Å². The fourth-order valence-electron chi connectivity index (χ4n) is 3.12. The maximum Gasteiger partial charge on any atom is 0.0437 e. The van der Waals surface area contributed by atoms with Gasteiger partial charge in [-0.05, 0) is 42.8 Å². The van der Waals surface area contributed by atoms with Gasteiger partial charge >= 0.3 is 0 Å². The van der Waals surface area contributed by atoms with Crippen LogP contribution in [0.4, 0.5) is 5.69 Å². The minimum atomic E-state index is 0.504. The second kappa shape index (κ2) is 5.57. The van der Waals surface area contributed by atoms with Gasteiger partial charge < -0.3 is 11.1 Å². The van der Waals surface area contributed by atoms with Crippen molar-refractivity contribution in [1.29, 1.82) is 0 Å². The van der Waals surface area contributed by atoms with E-state index < -0.39 is 0 Å². The summed E-state index contributed by atoms with van der Waals surface area (Å²) in [5.41, 5.74) is 7.10. The Morgan fingerprint density at radius 1 is 1.21 bits per heavy atom. The summed E-state index contributed by atoms with van der Waals surface area (Å²) in [7, 11) is 0. The van der Waals surface area contributed by atoms with Gasteiger partial charge in [0.2, 0.25) is 0 Å². The molecule has 1 aliphatic carbocycles. The molecular weight excluding hydrogens is 234 g/mol. The molecule has 2 atom stereocenters. The standard InChI is InChI=1S/C16H21N3/c17-10-13-4-1-2-6-15(13)19-16-7-3-5-12-8-9-18-11-14(12)16/h3,5,7-9,11,13,15,19H,1-2,4,6,10,17H2. The summed E-state index contributed by atoms with van der Waals surface area (Å²) >= 11 is 0. The minimum absolute atomic E-state index is 0.504. The lowest BCUT2D eigenvalue weighted by atomic mass is 9.84. The summed E-state index contributed by atoms with van der Waals surface area (Å²) in [6.45, 7) is 0.778. The number of rotatable bonds is 3. The van der Waals surface area contributed by atoms with E-state index in [0.29, 0.717) is 12.0 Å². The van der Waals surface area contributed by atoms with Gasteiger partial charge in [0.25, 0.3) is 0 Å². The van der Waals surface area contributed by atoms with Crippen LogP contribution in [-0.4, -0.2) is 17.6 Å². The number of pyridine rings is 1. The van der Waals surface area contributed by atoms with Crippen LogP contribution in [0.2, 0.25) is 0 Å². The van der Waals surface area contributed by atoms with Crippen molar-refractivity contribution in [2.24, 2.45) is 11.7 Å². The first-order valence-electron chi connectivity index (χ1n) is 7.18. The molecule has 100 valence electrons. The van der Waals surface area contributed by atoms with Crippen molar-refractivity contribution in [2.75, 3.05) is 11.9 Å². The molecule has 0 bridgehead atoms. The predicted molar refractivity (Wildman–Crippen MR) is 80.2 cm³/mol. The number of nitrogens with two attached hydrogens (primary N) is 1. The maximum absolute atomic E-state index is 5.91. The number of benzene rings is 1. The Bertz CT molecular complexity index is 547. The molecule has 3 heteroatoms. The SMILES string of the molecule is NCC1CCCCC1Nc1cccc2ccncc12. The highest BCUT2D eigenvalue weighted by atomic mass is 14.9. The topological polar surface area (TPSA) is 50.9 Å². The molecule has 1 aliphatic rings. The van der Waals surface area contributed by atoms with Crippen molar-refractivity contribution in [3.63, 3.8) is 0 Å². The van der Waals surface area contributed by atoms with E-state index in [1.165, 1.54) is 42.1 Å². The van der Waals surface area contributed by atoms with E-state index in [4.69, 9.17) is 5.73 Å². The third kappa shape index (κ3) is 2.56. The average Bonchev–Trinajstić information content (AvgIpc) is 2.48. The van der Waals surface area contributed by atoms with E-state index in [0.717, 1.165) is 6.54 Å². The summed E-state index contributed by atoms with van der Waals surface area (Å²) < 4.78 is 0. The Morgan fingerprint density at radius 2 is 2.11 bits per heavy atom. The van der Waals surface area contributed by atoms with Gasteiger partial charge in [-0.2, -0.15) is 0 Å².